The van der Waals surface area contributed by atoms with Crippen LogP contribution in [0.4, 0.5) is 8.78 Å². The molecule has 1 saturated carbocycles. The molecule has 0 unspecified atom stereocenters. The van der Waals surface area contributed by atoms with E-state index in [-0.39, 0.29) is 5.56 Å². The molecule has 0 amide bonds. The zero-order valence-corrected chi connectivity index (χ0v) is 12.3. The molecule has 3 rings (SSSR count). The summed E-state index contributed by atoms with van der Waals surface area (Å²) >= 11 is 0. The summed E-state index contributed by atoms with van der Waals surface area (Å²) < 4.78 is 28.8. The lowest BCUT2D eigenvalue weighted by molar-refractivity contribution is 0.346. The summed E-state index contributed by atoms with van der Waals surface area (Å²) in [7, 11) is 0. The first-order valence-electron chi connectivity index (χ1n) is 7.69. The molecule has 2 aromatic carbocycles. The lowest BCUT2D eigenvalue weighted by Gasteiger charge is -2.26. The van der Waals surface area contributed by atoms with Crippen LogP contribution in [-0.4, -0.2) is 0 Å². The molecule has 0 heterocycles. The van der Waals surface area contributed by atoms with Gasteiger partial charge in [-0.05, 0) is 47.9 Å². The quantitative estimate of drug-likeness (QED) is 0.642. The zero-order chi connectivity index (χ0) is 14.8. The van der Waals surface area contributed by atoms with Crippen LogP contribution >= 0.6 is 0 Å². The Kier molecular flexibility index (Phi) is 4.05. The molecule has 0 aliphatic heterocycles. The van der Waals surface area contributed by atoms with E-state index in [1.54, 1.807) is 24.3 Å². The van der Waals surface area contributed by atoms with Gasteiger partial charge < -0.3 is 0 Å². The second kappa shape index (κ2) is 5.97. The zero-order valence-electron chi connectivity index (χ0n) is 12.3. The maximum atomic E-state index is 14.4. The average Bonchev–Trinajstić information content (AvgIpc) is 2.48. The van der Waals surface area contributed by atoms with Gasteiger partial charge in [0.1, 0.15) is 11.6 Å². The van der Waals surface area contributed by atoms with Crippen molar-refractivity contribution in [3.05, 3.63) is 59.7 Å². The van der Waals surface area contributed by atoms with Gasteiger partial charge in [0.15, 0.2) is 0 Å². The molecule has 0 bridgehead atoms. The fraction of sp³-hybridized carbons (Fsp3) is 0.368. The summed E-state index contributed by atoms with van der Waals surface area (Å²) in [6.45, 7) is 2.25. The first-order chi connectivity index (χ1) is 10.1. The van der Waals surface area contributed by atoms with Crippen LogP contribution < -0.4 is 0 Å². The Morgan fingerprint density at radius 1 is 0.857 bits per heavy atom. The van der Waals surface area contributed by atoms with Crippen LogP contribution in [0.15, 0.2) is 42.5 Å². The second-order valence-electron chi connectivity index (χ2n) is 6.18. The van der Waals surface area contributed by atoms with Gasteiger partial charge in [-0.1, -0.05) is 50.1 Å². The van der Waals surface area contributed by atoms with E-state index in [9.17, 15) is 8.78 Å². The molecule has 0 radical (unpaired) electrons. The molecule has 0 aromatic heterocycles. The van der Waals surface area contributed by atoms with E-state index in [4.69, 9.17) is 0 Å². The summed E-state index contributed by atoms with van der Waals surface area (Å²) in [4.78, 5) is 0. The molecule has 0 atom stereocenters. The molecular weight excluding hydrogens is 266 g/mol. The molecule has 2 heteroatoms. The van der Waals surface area contributed by atoms with Gasteiger partial charge in [-0.25, -0.2) is 8.78 Å². The van der Waals surface area contributed by atoms with E-state index >= 15 is 0 Å². The SMILES string of the molecule is CC1CCC(c2cc(F)c(-c3ccccc3)c(F)c2)CC1. The van der Waals surface area contributed by atoms with E-state index < -0.39 is 11.6 Å². The summed E-state index contributed by atoms with van der Waals surface area (Å²) in [5, 5.41) is 0. The van der Waals surface area contributed by atoms with E-state index in [1.807, 2.05) is 6.07 Å². The Morgan fingerprint density at radius 2 is 1.43 bits per heavy atom. The minimum absolute atomic E-state index is 0.0866. The summed E-state index contributed by atoms with van der Waals surface area (Å²) in [5.74, 6) is 0.138. The minimum Gasteiger partial charge on any atom is -0.206 e. The Labute approximate surface area is 124 Å². The molecule has 21 heavy (non-hydrogen) atoms. The third-order valence-corrected chi connectivity index (χ3v) is 4.61. The average molecular weight is 286 g/mol. The third-order valence-electron chi connectivity index (χ3n) is 4.61. The standard InChI is InChI=1S/C19H20F2/c1-13-7-9-14(10-8-13)16-11-17(20)19(18(21)12-16)15-5-3-2-4-6-15/h2-6,11-14H,7-10H2,1H3. The fourth-order valence-electron chi connectivity index (χ4n) is 3.30. The van der Waals surface area contributed by atoms with Crippen LogP contribution in [-0.2, 0) is 0 Å². The molecule has 1 aliphatic rings. The van der Waals surface area contributed by atoms with Gasteiger partial charge in [0.05, 0.1) is 5.56 Å². The normalized spacial score (nSPS) is 22.2. The van der Waals surface area contributed by atoms with Gasteiger partial charge in [-0.2, -0.15) is 0 Å². The monoisotopic (exact) mass is 286 g/mol. The predicted molar refractivity (Wildman–Crippen MR) is 82.2 cm³/mol. The van der Waals surface area contributed by atoms with Crippen molar-refractivity contribution in [1.29, 1.82) is 0 Å². The van der Waals surface area contributed by atoms with Crippen LogP contribution in [0, 0.1) is 17.6 Å². The van der Waals surface area contributed by atoms with E-state index in [2.05, 4.69) is 6.92 Å². The summed E-state index contributed by atoms with van der Waals surface area (Å²) in [6.07, 6.45) is 4.36. The van der Waals surface area contributed by atoms with Gasteiger partial charge in [0.2, 0.25) is 0 Å². The van der Waals surface area contributed by atoms with Crippen molar-refractivity contribution in [3.8, 4) is 11.1 Å². The molecule has 2 aromatic rings. The number of halogens is 2. The second-order valence-corrected chi connectivity index (χ2v) is 6.18. The van der Waals surface area contributed by atoms with Crippen molar-refractivity contribution in [2.24, 2.45) is 5.92 Å². The lowest BCUT2D eigenvalue weighted by Crippen LogP contribution is -2.11. The highest BCUT2D eigenvalue weighted by atomic mass is 19.1. The Hall–Kier alpha value is -1.70. The molecule has 1 fully saturated rings. The minimum atomic E-state index is -0.449. The van der Waals surface area contributed by atoms with Gasteiger partial charge in [0, 0.05) is 0 Å². The molecule has 0 N–H and O–H groups in total. The summed E-state index contributed by atoms with van der Waals surface area (Å²) in [5.41, 5.74) is 1.50. The van der Waals surface area contributed by atoms with Crippen LogP contribution in [0.2, 0.25) is 0 Å². The smallest absolute Gasteiger partial charge is 0.134 e. The third kappa shape index (κ3) is 2.99. The first kappa shape index (κ1) is 14.2. The molecule has 0 saturated heterocycles. The Bertz CT molecular complexity index is 588. The number of hydrogen-bond donors (Lipinski definition) is 0. The van der Waals surface area contributed by atoms with Crippen LogP contribution in [0.5, 0.6) is 0 Å². The maximum absolute atomic E-state index is 14.4. The molecule has 0 spiro atoms. The van der Waals surface area contributed by atoms with E-state index in [0.717, 1.165) is 37.2 Å². The Balaban J connectivity index is 1.93. The van der Waals surface area contributed by atoms with E-state index in [0.29, 0.717) is 11.5 Å². The van der Waals surface area contributed by atoms with Crippen molar-refractivity contribution in [3.63, 3.8) is 0 Å². The maximum Gasteiger partial charge on any atom is 0.134 e. The van der Waals surface area contributed by atoms with Crippen LogP contribution in [0.1, 0.15) is 44.1 Å². The highest BCUT2D eigenvalue weighted by Crippen LogP contribution is 2.37. The highest BCUT2D eigenvalue weighted by molar-refractivity contribution is 5.65. The van der Waals surface area contributed by atoms with Crippen molar-refractivity contribution < 1.29 is 8.78 Å². The fourth-order valence-corrected chi connectivity index (χ4v) is 3.30. The summed E-state index contributed by atoms with van der Waals surface area (Å²) in [6, 6.07) is 12.0. The Morgan fingerprint density at radius 3 is 2.00 bits per heavy atom. The van der Waals surface area contributed by atoms with Crippen molar-refractivity contribution >= 4 is 0 Å². The molecule has 1 aliphatic carbocycles. The molecule has 0 nitrogen and oxygen atoms in total. The van der Waals surface area contributed by atoms with Crippen LogP contribution in [0.3, 0.4) is 0 Å². The van der Waals surface area contributed by atoms with Gasteiger partial charge in [-0.3, -0.25) is 0 Å². The predicted octanol–water partition coefficient (Wildman–Crippen LogP) is 5.93. The van der Waals surface area contributed by atoms with Gasteiger partial charge in [0.25, 0.3) is 0 Å². The largest absolute Gasteiger partial charge is 0.206 e. The van der Waals surface area contributed by atoms with Crippen LogP contribution in [0.25, 0.3) is 11.1 Å². The lowest BCUT2D eigenvalue weighted by atomic mass is 9.79. The van der Waals surface area contributed by atoms with Crippen molar-refractivity contribution in [1.82, 2.24) is 0 Å². The molecular formula is C19H20F2. The van der Waals surface area contributed by atoms with Gasteiger partial charge >= 0.3 is 0 Å². The number of hydrogen-bond acceptors (Lipinski definition) is 0. The van der Waals surface area contributed by atoms with Crippen molar-refractivity contribution in [2.45, 2.75) is 38.5 Å². The first-order valence-corrected chi connectivity index (χ1v) is 7.69. The van der Waals surface area contributed by atoms with Gasteiger partial charge in [-0.15, -0.1) is 0 Å². The van der Waals surface area contributed by atoms with E-state index in [1.165, 1.54) is 12.1 Å². The molecule has 110 valence electrons. The number of rotatable bonds is 2. The topological polar surface area (TPSA) is 0 Å². The highest BCUT2D eigenvalue weighted by Gasteiger charge is 2.22. The number of benzene rings is 2. The van der Waals surface area contributed by atoms with Crippen molar-refractivity contribution in [2.75, 3.05) is 0 Å².